The third-order valence-corrected chi connectivity index (χ3v) is 5.18. The summed E-state index contributed by atoms with van der Waals surface area (Å²) in [6, 6.07) is 25.0. The van der Waals surface area contributed by atoms with Crippen molar-refractivity contribution in [2.24, 2.45) is 0 Å². The minimum atomic E-state index is -0.223. The van der Waals surface area contributed by atoms with Crippen LogP contribution >= 0.6 is 15.9 Å². The molecule has 0 radical (unpaired) electrons. The third-order valence-electron chi connectivity index (χ3n) is 4.65. The first-order chi connectivity index (χ1) is 15.1. The molecule has 0 aliphatic heterocycles. The summed E-state index contributed by atoms with van der Waals surface area (Å²) < 4.78 is 7.95. The topological polar surface area (TPSA) is 56.1 Å². The fourth-order valence-electron chi connectivity index (χ4n) is 3.08. The van der Waals surface area contributed by atoms with E-state index in [4.69, 9.17) is 9.84 Å². The number of para-hydroxylation sites is 1. The highest BCUT2D eigenvalue weighted by atomic mass is 79.9. The minimum Gasteiger partial charge on any atom is -0.497 e. The fourth-order valence-corrected chi connectivity index (χ4v) is 3.34. The van der Waals surface area contributed by atoms with Crippen LogP contribution < -0.4 is 10.1 Å². The zero-order valence-corrected chi connectivity index (χ0v) is 18.4. The molecular formula is C25H20BrN3O2. The Bertz CT molecular complexity index is 1200. The average molecular weight is 474 g/mol. The van der Waals surface area contributed by atoms with Crippen LogP contribution in [0.2, 0.25) is 0 Å². The molecule has 0 atom stereocenters. The molecule has 154 valence electrons. The number of ether oxygens (including phenoxy) is 1. The van der Waals surface area contributed by atoms with Gasteiger partial charge in [0, 0.05) is 33.6 Å². The van der Waals surface area contributed by atoms with Crippen molar-refractivity contribution in [3.8, 4) is 22.7 Å². The van der Waals surface area contributed by atoms with E-state index in [0.29, 0.717) is 5.69 Å². The molecule has 3 aromatic carbocycles. The first-order valence-corrected chi connectivity index (χ1v) is 10.5. The molecule has 5 nitrogen and oxygen atoms in total. The highest BCUT2D eigenvalue weighted by Gasteiger charge is 2.11. The van der Waals surface area contributed by atoms with Gasteiger partial charge < -0.3 is 10.1 Å². The summed E-state index contributed by atoms with van der Waals surface area (Å²) in [7, 11) is 1.61. The molecule has 1 heterocycles. The van der Waals surface area contributed by atoms with E-state index in [1.165, 1.54) is 6.08 Å². The maximum absolute atomic E-state index is 12.4. The molecule has 0 bridgehead atoms. The molecule has 0 unspecified atom stereocenters. The zero-order valence-electron chi connectivity index (χ0n) is 16.8. The van der Waals surface area contributed by atoms with Crippen molar-refractivity contribution in [1.82, 2.24) is 9.78 Å². The highest BCUT2D eigenvalue weighted by Crippen LogP contribution is 2.26. The molecule has 6 heteroatoms. The maximum Gasteiger partial charge on any atom is 0.248 e. The number of hydrogen-bond acceptors (Lipinski definition) is 3. The molecule has 0 aliphatic rings. The number of amides is 1. The fraction of sp³-hybridized carbons (Fsp3) is 0.0400. The third kappa shape index (κ3) is 5.10. The minimum absolute atomic E-state index is 0.223. The predicted octanol–water partition coefficient (Wildman–Crippen LogP) is 5.96. The predicted molar refractivity (Wildman–Crippen MR) is 127 cm³/mol. The average Bonchev–Trinajstić information content (AvgIpc) is 3.24. The molecule has 0 saturated heterocycles. The van der Waals surface area contributed by atoms with Crippen LogP contribution in [0, 0.1) is 0 Å². The number of nitrogens with one attached hydrogen (secondary N) is 1. The molecule has 31 heavy (non-hydrogen) atoms. The number of carbonyl (C=O) groups is 1. The first kappa shape index (κ1) is 20.6. The van der Waals surface area contributed by atoms with Gasteiger partial charge in [-0.05, 0) is 54.6 Å². The van der Waals surface area contributed by atoms with Gasteiger partial charge in [0.05, 0.1) is 18.5 Å². The first-order valence-electron chi connectivity index (χ1n) is 9.66. The van der Waals surface area contributed by atoms with Gasteiger partial charge in [-0.3, -0.25) is 4.79 Å². The van der Waals surface area contributed by atoms with Gasteiger partial charge in [-0.1, -0.05) is 46.3 Å². The van der Waals surface area contributed by atoms with Gasteiger partial charge in [-0.15, -0.1) is 0 Å². The molecule has 0 spiro atoms. The van der Waals surface area contributed by atoms with E-state index in [-0.39, 0.29) is 5.91 Å². The largest absolute Gasteiger partial charge is 0.497 e. The lowest BCUT2D eigenvalue weighted by Crippen LogP contribution is -2.07. The van der Waals surface area contributed by atoms with Gasteiger partial charge in [0.1, 0.15) is 5.75 Å². The number of benzene rings is 3. The van der Waals surface area contributed by atoms with Gasteiger partial charge in [-0.25, -0.2) is 4.68 Å². The summed E-state index contributed by atoms with van der Waals surface area (Å²) in [5.74, 6) is 0.514. The van der Waals surface area contributed by atoms with E-state index in [1.807, 2.05) is 65.5 Å². The molecule has 1 N–H and O–H groups in total. The molecule has 0 fully saturated rings. The molecule has 1 aromatic heterocycles. The monoisotopic (exact) mass is 473 g/mol. The van der Waals surface area contributed by atoms with E-state index in [9.17, 15) is 4.79 Å². The summed E-state index contributed by atoms with van der Waals surface area (Å²) in [6.45, 7) is 0. The van der Waals surface area contributed by atoms with E-state index in [1.54, 1.807) is 37.5 Å². The summed E-state index contributed by atoms with van der Waals surface area (Å²) in [6.07, 6.45) is 5.21. The van der Waals surface area contributed by atoms with Crippen LogP contribution in [-0.2, 0) is 4.79 Å². The number of aromatic nitrogens is 2. The quantitative estimate of drug-likeness (QED) is 0.351. The molecule has 0 aliphatic carbocycles. The normalized spacial score (nSPS) is 10.9. The number of halogens is 1. The zero-order chi connectivity index (χ0) is 21.6. The Morgan fingerprint density at radius 3 is 2.39 bits per heavy atom. The summed E-state index contributed by atoms with van der Waals surface area (Å²) in [5.41, 5.74) is 4.25. The number of anilines is 1. The Balaban J connectivity index is 1.61. The van der Waals surface area contributed by atoms with E-state index in [2.05, 4.69) is 21.2 Å². The van der Waals surface area contributed by atoms with Crippen molar-refractivity contribution in [2.45, 2.75) is 0 Å². The lowest BCUT2D eigenvalue weighted by Gasteiger charge is -2.03. The van der Waals surface area contributed by atoms with Gasteiger partial charge >= 0.3 is 0 Å². The van der Waals surface area contributed by atoms with E-state index >= 15 is 0 Å². The van der Waals surface area contributed by atoms with Crippen molar-refractivity contribution < 1.29 is 9.53 Å². The van der Waals surface area contributed by atoms with Crippen molar-refractivity contribution in [3.05, 3.63) is 101 Å². The van der Waals surface area contributed by atoms with E-state index in [0.717, 1.165) is 32.7 Å². The standard InChI is InChI=1S/C25H20BrN3O2/c1-31-23-14-12-21(13-15-23)27-24(30)16-9-19-17-29(22-5-3-2-4-6-22)28-25(19)18-7-10-20(26)11-8-18/h2-17H,1H3,(H,27,30). The van der Waals surface area contributed by atoms with Crippen LogP contribution in [-0.4, -0.2) is 22.8 Å². The second-order valence-electron chi connectivity index (χ2n) is 6.77. The van der Waals surface area contributed by atoms with Crippen LogP contribution in [0.5, 0.6) is 5.75 Å². The SMILES string of the molecule is COc1ccc(NC(=O)C=Cc2cn(-c3ccccc3)nc2-c2ccc(Br)cc2)cc1. The molecule has 1 amide bonds. The van der Waals surface area contributed by atoms with Crippen LogP contribution in [0.4, 0.5) is 5.69 Å². The number of nitrogens with zero attached hydrogens (tertiary/aromatic N) is 2. The highest BCUT2D eigenvalue weighted by molar-refractivity contribution is 9.10. The Morgan fingerprint density at radius 1 is 1.00 bits per heavy atom. The van der Waals surface area contributed by atoms with Gasteiger partial charge in [0.25, 0.3) is 0 Å². The number of rotatable bonds is 6. The van der Waals surface area contributed by atoms with Crippen molar-refractivity contribution in [1.29, 1.82) is 0 Å². The van der Waals surface area contributed by atoms with Crippen LogP contribution in [0.3, 0.4) is 0 Å². The van der Waals surface area contributed by atoms with Crippen LogP contribution in [0.25, 0.3) is 23.0 Å². The second kappa shape index (κ2) is 9.45. The number of methoxy groups -OCH3 is 1. The summed E-state index contributed by atoms with van der Waals surface area (Å²) >= 11 is 3.47. The Labute approximate surface area is 189 Å². The van der Waals surface area contributed by atoms with Crippen LogP contribution in [0.15, 0.2) is 95.6 Å². The lowest BCUT2D eigenvalue weighted by atomic mass is 10.1. The van der Waals surface area contributed by atoms with Crippen LogP contribution in [0.1, 0.15) is 5.56 Å². The molecular weight excluding hydrogens is 454 g/mol. The van der Waals surface area contributed by atoms with Gasteiger partial charge in [-0.2, -0.15) is 5.10 Å². The maximum atomic E-state index is 12.4. The number of carbonyl (C=O) groups excluding carboxylic acids is 1. The Kier molecular flexibility index (Phi) is 6.29. The van der Waals surface area contributed by atoms with E-state index < -0.39 is 0 Å². The summed E-state index contributed by atoms with van der Waals surface area (Å²) in [5, 5.41) is 7.62. The molecule has 4 rings (SSSR count). The molecule has 4 aromatic rings. The smallest absolute Gasteiger partial charge is 0.248 e. The van der Waals surface area contributed by atoms with Gasteiger partial charge in [0.2, 0.25) is 5.91 Å². The Morgan fingerprint density at radius 2 is 1.71 bits per heavy atom. The second-order valence-corrected chi connectivity index (χ2v) is 7.69. The Hall–Kier alpha value is -3.64. The van der Waals surface area contributed by atoms with Crippen molar-refractivity contribution in [2.75, 3.05) is 12.4 Å². The number of hydrogen-bond donors (Lipinski definition) is 1. The lowest BCUT2D eigenvalue weighted by molar-refractivity contribution is -0.111. The van der Waals surface area contributed by atoms with Gasteiger partial charge in [0.15, 0.2) is 0 Å². The molecule has 0 saturated carbocycles. The summed E-state index contributed by atoms with van der Waals surface area (Å²) in [4.78, 5) is 12.4. The van der Waals surface area contributed by atoms with Crippen molar-refractivity contribution in [3.63, 3.8) is 0 Å². The van der Waals surface area contributed by atoms with Crippen molar-refractivity contribution >= 4 is 33.6 Å².